The van der Waals surface area contributed by atoms with E-state index in [1.54, 1.807) is 13.8 Å². The molecule has 2 unspecified atom stereocenters. The third-order valence-electron chi connectivity index (χ3n) is 3.84. The van der Waals surface area contributed by atoms with Gasteiger partial charge in [-0.25, -0.2) is 9.59 Å². The number of nitrogens with zero attached hydrogens (tertiary/aromatic N) is 3. The third kappa shape index (κ3) is 15.2. The minimum Gasteiger partial charge on any atom is -0.480 e. The molecule has 30 heavy (non-hydrogen) atoms. The summed E-state index contributed by atoms with van der Waals surface area (Å²) in [6, 6.07) is -1.38. The fraction of sp³-hybridized carbons (Fsp3) is 0.737. The van der Waals surface area contributed by atoms with Crippen LogP contribution < -0.4 is 5.32 Å². The Hall–Kier alpha value is -2.78. The molecule has 172 valence electrons. The Morgan fingerprint density at radius 1 is 1.07 bits per heavy atom. The molecule has 2 N–H and O–H groups in total. The molecule has 0 rings (SSSR count). The summed E-state index contributed by atoms with van der Waals surface area (Å²) in [6.45, 7) is 14.6. The van der Waals surface area contributed by atoms with E-state index < -0.39 is 42.1 Å². The van der Waals surface area contributed by atoms with Crippen LogP contribution in [-0.2, 0) is 23.9 Å². The van der Waals surface area contributed by atoms with Crippen LogP contribution in [0.3, 0.4) is 0 Å². The maximum absolute atomic E-state index is 11.6. The van der Waals surface area contributed by atoms with Gasteiger partial charge in [0.25, 0.3) is 0 Å². The predicted molar refractivity (Wildman–Crippen MR) is 109 cm³/mol. The van der Waals surface area contributed by atoms with Crippen molar-refractivity contribution in [1.82, 2.24) is 10.2 Å². The molecule has 0 spiro atoms. The fourth-order valence-corrected chi connectivity index (χ4v) is 1.99. The molecule has 11 nitrogen and oxygen atoms in total. The Kier molecular flexibility index (Phi) is 16.8. The summed E-state index contributed by atoms with van der Waals surface area (Å²) < 4.78 is 9.48. The number of hydrogen-bond donors (Lipinski definition) is 2. The van der Waals surface area contributed by atoms with Gasteiger partial charge in [-0.05, 0) is 26.1 Å². The first-order valence-corrected chi connectivity index (χ1v) is 9.85. The van der Waals surface area contributed by atoms with E-state index in [-0.39, 0.29) is 12.8 Å². The van der Waals surface area contributed by atoms with Gasteiger partial charge in [-0.15, -0.1) is 0 Å². The van der Waals surface area contributed by atoms with E-state index in [9.17, 15) is 19.2 Å². The lowest BCUT2D eigenvalue weighted by atomic mass is 10.1. The van der Waals surface area contributed by atoms with Crippen LogP contribution in [0.15, 0.2) is 0 Å². The van der Waals surface area contributed by atoms with Gasteiger partial charge in [0.15, 0.2) is 0 Å². The molecule has 0 fully saturated rings. The minimum atomic E-state index is -1.38. The number of alkyl carbamates (subject to hydrolysis) is 1. The standard InChI is InChI=1S/C13H19N3O7.C6H15N/c1-7(2)12(20)22-8(3)23-13(21)16-10(11(18)19)5-4-9(17)6-15-14;1-4-7(5-2)6-3/h6-8,10H,4-5H2,1-3H3,(H,16,21)(H,18,19);4-6H2,1-3H3. The number of Topliss-reactive ketones (excluding diaryl/α,β-unsaturated/α-hetero) is 1. The van der Waals surface area contributed by atoms with Gasteiger partial charge in [-0.3, -0.25) is 9.59 Å². The number of rotatable bonds is 12. The molecule has 0 bridgehead atoms. The number of ketones is 1. The topological polar surface area (TPSA) is 159 Å². The van der Waals surface area contributed by atoms with E-state index in [2.05, 4.69) is 30.5 Å². The highest BCUT2D eigenvalue weighted by Gasteiger charge is 2.24. The quantitative estimate of drug-likeness (QED) is 0.156. The molecule has 0 radical (unpaired) electrons. The summed E-state index contributed by atoms with van der Waals surface area (Å²) in [5.41, 5.74) is 8.17. The Bertz CT molecular complexity index is 594. The first kappa shape index (κ1) is 29.4. The van der Waals surface area contributed by atoms with E-state index in [1.807, 2.05) is 5.32 Å². The molecule has 0 aliphatic rings. The molecule has 0 aliphatic carbocycles. The zero-order valence-electron chi connectivity index (χ0n) is 18.6. The van der Waals surface area contributed by atoms with Crippen molar-refractivity contribution in [2.45, 2.75) is 66.7 Å². The van der Waals surface area contributed by atoms with Crippen molar-refractivity contribution in [2.24, 2.45) is 5.92 Å². The van der Waals surface area contributed by atoms with Crippen LogP contribution in [0.2, 0.25) is 0 Å². The molecule has 0 heterocycles. The van der Waals surface area contributed by atoms with E-state index in [0.717, 1.165) is 0 Å². The van der Waals surface area contributed by atoms with Gasteiger partial charge in [0.1, 0.15) is 6.04 Å². The van der Waals surface area contributed by atoms with E-state index in [4.69, 9.17) is 20.1 Å². The lowest BCUT2D eigenvalue weighted by Crippen LogP contribution is -2.42. The minimum absolute atomic E-state index is 0.227. The smallest absolute Gasteiger partial charge is 0.410 e. The maximum Gasteiger partial charge on any atom is 0.410 e. The highest BCUT2D eigenvalue weighted by Crippen LogP contribution is 2.04. The molecular weight excluding hydrogens is 396 g/mol. The van der Waals surface area contributed by atoms with Gasteiger partial charge < -0.3 is 30.3 Å². The molecule has 1 amide bonds. The molecular formula is C19H34N4O7. The zero-order chi connectivity index (χ0) is 23.7. The lowest BCUT2D eigenvalue weighted by Gasteiger charge is -2.18. The summed E-state index contributed by atoms with van der Waals surface area (Å²) >= 11 is 0. The first-order chi connectivity index (χ1) is 14.0. The molecule has 0 aromatic carbocycles. The van der Waals surface area contributed by atoms with Crippen LogP contribution in [0.25, 0.3) is 5.53 Å². The van der Waals surface area contributed by atoms with Gasteiger partial charge in [-0.2, -0.15) is 4.79 Å². The van der Waals surface area contributed by atoms with Crippen molar-refractivity contribution < 1.29 is 38.5 Å². The number of esters is 1. The molecule has 0 aliphatic heterocycles. The lowest BCUT2D eigenvalue weighted by molar-refractivity contribution is -0.169. The molecule has 2 atom stereocenters. The van der Waals surface area contributed by atoms with Gasteiger partial charge in [0.2, 0.25) is 12.1 Å². The van der Waals surface area contributed by atoms with Crippen molar-refractivity contribution in [3.8, 4) is 0 Å². The van der Waals surface area contributed by atoms with Crippen molar-refractivity contribution >= 4 is 30.0 Å². The number of ether oxygens (including phenoxy) is 2. The summed E-state index contributed by atoms with van der Waals surface area (Å²) in [6.07, 6.45) is -2.15. The second-order valence-corrected chi connectivity index (χ2v) is 6.47. The molecule has 0 saturated heterocycles. The zero-order valence-corrected chi connectivity index (χ0v) is 18.6. The van der Waals surface area contributed by atoms with E-state index in [1.165, 1.54) is 26.6 Å². The monoisotopic (exact) mass is 430 g/mol. The molecule has 0 aromatic heterocycles. The maximum atomic E-state index is 11.6. The van der Waals surface area contributed by atoms with Gasteiger partial charge >= 0.3 is 24.2 Å². The van der Waals surface area contributed by atoms with Crippen LogP contribution in [0, 0.1) is 5.92 Å². The van der Waals surface area contributed by atoms with Gasteiger partial charge in [-0.1, -0.05) is 34.6 Å². The second-order valence-electron chi connectivity index (χ2n) is 6.47. The molecule has 11 heteroatoms. The van der Waals surface area contributed by atoms with Crippen LogP contribution in [-0.4, -0.2) is 76.8 Å². The Morgan fingerprint density at radius 3 is 1.97 bits per heavy atom. The summed E-state index contributed by atoms with van der Waals surface area (Å²) in [5.74, 6) is -2.96. The average Bonchev–Trinajstić information content (AvgIpc) is 2.66. The second kappa shape index (κ2) is 17.1. The Balaban J connectivity index is 0. The van der Waals surface area contributed by atoms with Crippen LogP contribution in [0.4, 0.5) is 4.79 Å². The van der Waals surface area contributed by atoms with Crippen molar-refractivity contribution in [2.75, 3.05) is 19.6 Å². The molecule has 0 aromatic rings. The number of amides is 1. The van der Waals surface area contributed by atoms with Gasteiger partial charge in [0.05, 0.1) is 5.92 Å². The normalized spacial score (nSPS) is 12.0. The van der Waals surface area contributed by atoms with Crippen molar-refractivity contribution in [3.05, 3.63) is 5.53 Å². The number of hydrogen-bond acceptors (Lipinski definition) is 7. The Labute approximate surface area is 177 Å². The van der Waals surface area contributed by atoms with Gasteiger partial charge in [0, 0.05) is 13.3 Å². The first-order valence-electron chi connectivity index (χ1n) is 9.85. The largest absolute Gasteiger partial charge is 0.480 e. The summed E-state index contributed by atoms with van der Waals surface area (Å²) in [7, 11) is 0. The number of carbonyl (C=O) groups is 4. The fourth-order valence-electron chi connectivity index (χ4n) is 1.99. The predicted octanol–water partition coefficient (Wildman–Crippen LogP) is 1.71. The van der Waals surface area contributed by atoms with Crippen molar-refractivity contribution in [1.29, 1.82) is 0 Å². The van der Waals surface area contributed by atoms with E-state index >= 15 is 0 Å². The average molecular weight is 431 g/mol. The van der Waals surface area contributed by atoms with Crippen LogP contribution >= 0.6 is 0 Å². The summed E-state index contributed by atoms with van der Waals surface area (Å²) in [5, 5.41) is 11.0. The van der Waals surface area contributed by atoms with E-state index in [0.29, 0.717) is 6.21 Å². The Morgan fingerprint density at radius 2 is 1.60 bits per heavy atom. The number of carboxylic acid groups (broad SMARTS) is 1. The van der Waals surface area contributed by atoms with Crippen LogP contribution in [0.5, 0.6) is 0 Å². The summed E-state index contributed by atoms with van der Waals surface area (Å²) in [4.78, 5) is 49.9. The number of aliphatic carboxylic acids is 1. The number of carbonyl (C=O) groups excluding carboxylic acids is 3. The highest BCUT2D eigenvalue weighted by molar-refractivity contribution is 6.25. The number of nitrogens with one attached hydrogen (secondary N) is 1. The SMILES string of the molecule is CC(OC(=O)NC(CCC(=O)C=[N+]=[N-])C(=O)O)OC(=O)C(C)C.CCN(CC)CC. The molecule has 0 saturated carbocycles. The highest BCUT2D eigenvalue weighted by atomic mass is 16.7. The van der Waals surface area contributed by atoms with Crippen LogP contribution in [0.1, 0.15) is 54.4 Å². The van der Waals surface area contributed by atoms with Crippen molar-refractivity contribution in [3.63, 3.8) is 0 Å². The number of carboxylic acids is 1. The third-order valence-corrected chi connectivity index (χ3v) is 3.84.